The molecular weight excluding hydrogens is 278 g/mol. The van der Waals surface area contributed by atoms with Gasteiger partial charge in [-0.25, -0.2) is 4.79 Å². The number of hydrogen-bond acceptors (Lipinski definition) is 3. The number of aliphatic hydroxyl groups excluding tert-OH is 1. The Morgan fingerprint density at radius 3 is 2.65 bits per heavy atom. The molecule has 0 atom stereocenters. The Hall–Kier alpha value is -1.26. The lowest BCUT2D eigenvalue weighted by molar-refractivity contribution is 0.0224. The minimum atomic E-state index is -0.539. The zero-order valence-corrected chi connectivity index (χ0v) is 13.0. The number of rotatable bonds is 5. The van der Waals surface area contributed by atoms with Crippen molar-refractivity contribution in [1.29, 1.82) is 0 Å². The van der Waals surface area contributed by atoms with Crippen LogP contribution in [0.2, 0.25) is 5.02 Å². The summed E-state index contributed by atoms with van der Waals surface area (Å²) in [6.07, 6.45) is 0.130. The molecule has 0 aliphatic heterocycles. The summed E-state index contributed by atoms with van der Waals surface area (Å²) in [4.78, 5) is 13.7. The lowest BCUT2D eigenvalue weighted by atomic mass is 10.2. The van der Waals surface area contributed by atoms with Crippen LogP contribution in [-0.2, 0) is 11.3 Å². The van der Waals surface area contributed by atoms with E-state index in [1.165, 1.54) is 0 Å². The Labute approximate surface area is 125 Å². The molecule has 1 N–H and O–H groups in total. The number of ether oxygens (including phenoxy) is 1. The van der Waals surface area contributed by atoms with Crippen molar-refractivity contribution in [2.75, 3.05) is 13.2 Å². The standard InChI is InChI=1S/C15H22ClNO3/c1-15(2,3)20-14(19)17(8-5-9-18)11-12-6-4-7-13(16)10-12/h4,6-7,10,18H,5,8-9,11H2,1-3H3. The molecule has 1 aromatic rings. The van der Waals surface area contributed by atoms with Gasteiger partial charge < -0.3 is 14.7 Å². The van der Waals surface area contributed by atoms with Crippen molar-refractivity contribution in [3.63, 3.8) is 0 Å². The molecule has 1 amide bonds. The van der Waals surface area contributed by atoms with Crippen LogP contribution in [0.5, 0.6) is 0 Å². The highest BCUT2D eigenvalue weighted by molar-refractivity contribution is 6.30. The zero-order chi connectivity index (χ0) is 15.2. The molecule has 0 radical (unpaired) electrons. The molecule has 112 valence electrons. The van der Waals surface area contributed by atoms with Crippen LogP contribution < -0.4 is 0 Å². The maximum Gasteiger partial charge on any atom is 0.410 e. The van der Waals surface area contributed by atoms with Crippen LogP contribution >= 0.6 is 11.6 Å². The van der Waals surface area contributed by atoms with E-state index in [4.69, 9.17) is 21.4 Å². The number of carbonyl (C=O) groups is 1. The van der Waals surface area contributed by atoms with Crippen molar-refractivity contribution in [2.24, 2.45) is 0 Å². The molecule has 0 unspecified atom stereocenters. The number of nitrogens with zero attached hydrogens (tertiary/aromatic N) is 1. The summed E-state index contributed by atoms with van der Waals surface area (Å²) in [6.45, 7) is 6.37. The van der Waals surface area contributed by atoms with E-state index in [1.807, 2.05) is 39.0 Å². The minimum absolute atomic E-state index is 0.0366. The first-order valence-corrected chi connectivity index (χ1v) is 7.03. The third-order valence-corrected chi connectivity index (χ3v) is 2.74. The number of carbonyl (C=O) groups excluding carboxylic acids is 1. The topological polar surface area (TPSA) is 49.8 Å². The van der Waals surface area contributed by atoms with Crippen LogP contribution in [-0.4, -0.2) is 34.9 Å². The quantitative estimate of drug-likeness (QED) is 0.906. The summed E-state index contributed by atoms with van der Waals surface area (Å²) in [5, 5.41) is 9.57. The molecular formula is C15H22ClNO3. The van der Waals surface area contributed by atoms with Gasteiger partial charge in [0.2, 0.25) is 0 Å². The van der Waals surface area contributed by atoms with E-state index in [0.717, 1.165) is 5.56 Å². The fourth-order valence-corrected chi connectivity index (χ4v) is 1.89. The van der Waals surface area contributed by atoms with Gasteiger partial charge >= 0.3 is 6.09 Å². The van der Waals surface area contributed by atoms with E-state index >= 15 is 0 Å². The van der Waals surface area contributed by atoms with Crippen LogP contribution in [0.15, 0.2) is 24.3 Å². The Morgan fingerprint density at radius 2 is 2.10 bits per heavy atom. The van der Waals surface area contributed by atoms with Crippen molar-refractivity contribution in [2.45, 2.75) is 39.3 Å². The molecule has 0 heterocycles. The average molecular weight is 300 g/mol. The fourth-order valence-electron chi connectivity index (χ4n) is 1.68. The number of benzene rings is 1. The summed E-state index contributed by atoms with van der Waals surface area (Å²) in [5.41, 5.74) is 0.393. The minimum Gasteiger partial charge on any atom is -0.444 e. The van der Waals surface area contributed by atoms with Gasteiger partial charge in [0.05, 0.1) is 0 Å². The maximum absolute atomic E-state index is 12.1. The molecule has 1 aromatic carbocycles. The molecule has 0 aliphatic carbocycles. The molecule has 0 saturated heterocycles. The van der Waals surface area contributed by atoms with Crippen molar-refractivity contribution < 1.29 is 14.6 Å². The van der Waals surface area contributed by atoms with Crippen LogP contribution in [0.3, 0.4) is 0 Å². The second-order valence-electron chi connectivity index (χ2n) is 5.61. The molecule has 0 aromatic heterocycles. The van der Waals surface area contributed by atoms with Gasteiger partial charge in [-0.05, 0) is 44.9 Å². The molecule has 1 rings (SSSR count). The van der Waals surface area contributed by atoms with E-state index < -0.39 is 5.60 Å². The Kier molecular flexibility index (Phi) is 6.30. The monoisotopic (exact) mass is 299 g/mol. The SMILES string of the molecule is CC(C)(C)OC(=O)N(CCCO)Cc1cccc(Cl)c1. The lowest BCUT2D eigenvalue weighted by Crippen LogP contribution is -2.37. The predicted molar refractivity (Wildman–Crippen MR) is 79.8 cm³/mol. The van der Waals surface area contributed by atoms with Crippen LogP contribution in [0.4, 0.5) is 4.79 Å². The molecule has 0 spiro atoms. The van der Waals surface area contributed by atoms with E-state index in [9.17, 15) is 4.79 Å². The third kappa shape index (κ3) is 6.26. The summed E-state index contributed by atoms with van der Waals surface area (Å²) >= 11 is 5.94. The summed E-state index contributed by atoms with van der Waals surface area (Å²) in [7, 11) is 0. The van der Waals surface area contributed by atoms with Gasteiger partial charge in [-0.3, -0.25) is 0 Å². The normalized spacial score (nSPS) is 11.2. The van der Waals surface area contributed by atoms with Crippen molar-refractivity contribution >= 4 is 17.7 Å². The number of halogens is 1. The summed E-state index contributed by atoms with van der Waals surface area (Å²) in [6, 6.07) is 7.35. The fraction of sp³-hybridized carbons (Fsp3) is 0.533. The highest BCUT2D eigenvalue weighted by Gasteiger charge is 2.22. The molecule has 5 heteroatoms. The predicted octanol–water partition coefficient (Wildman–Crippen LogP) is 3.46. The maximum atomic E-state index is 12.1. The summed E-state index contributed by atoms with van der Waals surface area (Å²) in [5.74, 6) is 0. The smallest absolute Gasteiger partial charge is 0.410 e. The van der Waals surface area contributed by atoms with E-state index in [2.05, 4.69) is 0 Å². The summed E-state index contributed by atoms with van der Waals surface area (Å²) < 4.78 is 5.37. The highest BCUT2D eigenvalue weighted by Crippen LogP contribution is 2.15. The molecule has 0 saturated carbocycles. The van der Waals surface area contributed by atoms with Gasteiger partial charge in [0.15, 0.2) is 0 Å². The number of aliphatic hydroxyl groups is 1. The number of amides is 1. The average Bonchev–Trinajstić information content (AvgIpc) is 2.32. The molecule has 20 heavy (non-hydrogen) atoms. The van der Waals surface area contributed by atoms with Gasteiger partial charge in [0, 0.05) is 24.7 Å². The van der Waals surface area contributed by atoms with Gasteiger partial charge in [0.1, 0.15) is 5.60 Å². The van der Waals surface area contributed by atoms with Crippen LogP contribution in [0.1, 0.15) is 32.8 Å². The molecule has 4 nitrogen and oxygen atoms in total. The van der Waals surface area contributed by atoms with E-state index in [1.54, 1.807) is 11.0 Å². The van der Waals surface area contributed by atoms with Gasteiger partial charge in [-0.1, -0.05) is 23.7 Å². The van der Waals surface area contributed by atoms with Gasteiger partial charge in [-0.2, -0.15) is 0 Å². The van der Waals surface area contributed by atoms with E-state index in [-0.39, 0.29) is 12.7 Å². The van der Waals surface area contributed by atoms with Gasteiger partial charge in [-0.15, -0.1) is 0 Å². The Morgan fingerprint density at radius 1 is 1.40 bits per heavy atom. The number of hydrogen-bond donors (Lipinski definition) is 1. The van der Waals surface area contributed by atoms with E-state index in [0.29, 0.717) is 24.5 Å². The highest BCUT2D eigenvalue weighted by atomic mass is 35.5. The first-order chi connectivity index (χ1) is 9.31. The Balaban J connectivity index is 2.75. The first-order valence-electron chi connectivity index (χ1n) is 6.65. The van der Waals surface area contributed by atoms with Crippen LogP contribution in [0, 0.1) is 0 Å². The lowest BCUT2D eigenvalue weighted by Gasteiger charge is -2.27. The molecule has 0 fully saturated rings. The van der Waals surface area contributed by atoms with Crippen LogP contribution in [0.25, 0.3) is 0 Å². The zero-order valence-electron chi connectivity index (χ0n) is 12.2. The first kappa shape index (κ1) is 16.8. The molecule has 0 bridgehead atoms. The second-order valence-corrected chi connectivity index (χ2v) is 6.05. The van der Waals surface area contributed by atoms with Crippen molar-refractivity contribution in [3.05, 3.63) is 34.9 Å². The molecule has 0 aliphatic rings. The Bertz CT molecular complexity index is 443. The second kappa shape index (κ2) is 7.50. The third-order valence-electron chi connectivity index (χ3n) is 2.50. The van der Waals surface area contributed by atoms with Crippen molar-refractivity contribution in [3.8, 4) is 0 Å². The van der Waals surface area contributed by atoms with Gasteiger partial charge in [0.25, 0.3) is 0 Å². The largest absolute Gasteiger partial charge is 0.444 e. The van der Waals surface area contributed by atoms with Crippen molar-refractivity contribution in [1.82, 2.24) is 4.90 Å².